The highest BCUT2D eigenvalue weighted by Gasteiger charge is 2.61. The van der Waals surface area contributed by atoms with Gasteiger partial charge in [0.25, 0.3) is 0 Å². The fraction of sp³-hybridized carbons (Fsp3) is 0.704. The number of rotatable bonds is 7. The Kier molecular flexibility index (Phi) is 6.79. The Hall–Kier alpha value is -2.42. The molecule has 2 unspecified atom stereocenters. The Balaban J connectivity index is 1.55. The lowest BCUT2D eigenvalue weighted by atomic mass is 9.51. The average Bonchev–Trinajstić information content (AvgIpc) is 3.07. The SMILES string of the molecule is CCCCC(=O)ON=C1C=C2CCC3C(=C2CC1)CC[C@@]1(C)C3CC[C@]1(CC#N)CC(=O)O. The zero-order valence-corrected chi connectivity index (χ0v) is 20.0. The van der Waals surface area contributed by atoms with Gasteiger partial charge >= 0.3 is 11.9 Å². The number of hydrogen-bond donors (Lipinski definition) is 1. The number of carboxylic acid groups (broad SMARTS) is 1. The van der Waals surface area contributed by atoms with Crippen LogP contribution in [0.4, 0.5) is 0 Å². The molecule has 0 aromatic rings. The van der Waals surface area contributed by atoms with Crippen molar-refractivity contribution in [3.63, 3.8) is 0 Å². The summed E-state index contributed by atoms with van der Waals surface area (Å²) in [5.41, 5.74) is 4.74. The summed E-state index contributed by atoms with van der Waals surface area (Å²) in [6.45, 7) is 4.32. The lowest BCUT2D eigenvalue weighted by Crippen LogP contribution is -2.46. The van der Waals surface area contributed by atoms with Gasteiger partial charge in [-0.15, -0.1) is 0 Å². The first-order valence-corrected chi connectivity index (χ1v) is 12.6. The van der Waals surface area contributed by atoms with Crippen LogP contribution in [0.5, 0.6) is 0 Å². The van der Waals surface area contributed by atoms with Crippen molar-refractivity contribution >= 4 is 17.7 Å². The fourth-order valence-electron chi connectivity index (χ4n) is 7.40. The van der Waals surface area contributed by atoms with Crippen LogP contribution in [0.3, 0.4) is 0 Å². The van der Waals surface area contributed by atoms with Gasteiger partial charge in [0, 0.05) is 12.8 Å². The van der Waals surface area contributed by atoms with Crippen molar-refractivity contribution in [2.45, 2.75) is 97.3 Å². The predicted octanol–water partition coefficient (Wildman–Crippen LogP) is 6.09. The number of nitriles is 1. The second-order valence-electron chi connectivity index (χ2n) is 10.7. The first-order valence-electron chi connectivity index (χ1n) is 12.6. The van der Waals surface area contributed by atoms with Gasteiger partial charge in [0.15, 0.2) is 0 Å². The average molecular weight is 453 g/mol. The molecule has 1 N–H and O–H groups in total. The summed E-state index contributed by atoms with van der Waals surface area (Å²) in [5.74, 6) is -0.0848. The van der Waals surface area contributed by atoms with Crippen molar-refractivity contribution in [3.05, 3.63) is 22.8 Å². The minimum Gasteiger partial charge on any atom is -0.481 e. The molecule has 6 heteroatoms. The highest BCUT2D eigenvalue weighted by Crippen LogP contribution is 2.68. The summed E-state index contributed by atoms with van der Waals surface area (Å²) >= 11 is 0. The predicted molar refractivity (Wildman–Crippen MR) is 125 cm³/mol. The van der Waals surface area contributed by atoms with Crippen LogP contribution in [-0.2, 0) is 14.4 Å². The van der Waals surface area contributed by atoms with E-state index in [1.54, 1.807) is 5.57 Å². The molecule has 4 atom stereocenters. The highest BCUT2D eigenvalue weighted by atomic mass is 16.7. The molecule has 0 aliphatic heterocycles. The number of nitrogens with zero attached hydrogens (tertiary/aromatic N) is 2. The number of hydrogen-bond acceptors (Lipinski definition) is 5. The third kappa shape index (κ3) is 4.27. The minimum absolute atomic E-state index is 0.0922. The van der Waals surface area contributed by atoms with Crippen molar-refractivity contribution in [1.29, 1.82) is 5.26 Å². The summed E-state index contributed by atoms with van der Waals surface area (Å²) in [7, 11) is 0. The molecule has 0 spiro atoms. The van der Waals surface area contributed by atoms with Crippen molar-refractivity contribution in [1.82, 2.24) is 0 Å². The van der Waals surface area contributed by atoms with Crippen LogP contribution >= 0.6 is 0 Å². The maximum atomic E-state index is 11.8. The lowest BCUT2D eigenvalue weighted by Gasteiger charge is -2.53. The smallest absolute Gasteiger partial charge is 0.335 e. The Morgan fingerprint density at radius 2 is 2.06 bits per heavy atom. The molecule has 0 aromatic heterocycles. The van der Waals surface area contributed by atoms with Gasteiger partial charge in [-0.1, -0.05) is 31.0 Å². The third-order valence-corrected chi connectivity index (χ3v) is 9.19. The molecule has 178 valence electrons. The largest absolute Gasteiger partial charge is 0.481 e. The first-order chi connectivity index (χ1) is 15.8. The summed E-state index contributed by atoms with van der Waals surface area (Å²) in [6.07, 6.45) is 12.4. The van der Waals surface area contributed by atoms with Crippen LogP contribution in [0.15, 0.2) is 28.0 Å². The molecule has 6 nitrogen and oxygen atoms in total. The normalized spacial score (nSPS) is 34.1. The van der Waals surface area contributed by atoms with Gasteiger partial charge in [-0.3, -0.25) is 4.79 Å². The zero-order chi connectivity index (χ0) is 23.6. The molecule has 0 saturated heterocycles. The molecule has 4 rings (SSSR count). The number of aliphatic carboxylic acids is 1. The standard InChI is InChI=1S/C27H36N2O4/c1-3-4-5-25(32)33-29-19-7-9-20-18(16-19)6-8-22-21(20)10-12-26(2)23(22)11-13-27(26,14-15-28)17-24(30)31/h16,22-23H,3-14,17H2,1-2H3,(H,30,31)/t22?,23?,26-,27-/m0/s1. The van der Waals surface area contributed by atoms with Gasteiger partial charge in [0.1, 0.15) is 0 Å². The van der Waals surface area contributed by atoms with Gasteiger partial charge in [-0.25, -0.2) is 4.79 Å². The first kappa shape index (κ1) is 23.7. The number of fused-ring (bicyclic) bond motifs is 4. The van der Waals surface area contributed by atoms with Gasteiger partial charge in [0.05, 0.1) is 18.2 Å². The van der Waals surface area contributed by atoms with Gasteiger partial charge in [-0.05, 0) is 97.7 Å². The van der Waals surface area contributed by atoms with E-state index in [1.807, 2.05) is 6.92 Å². The van der Waals surface area contributed by atoms with Crippen LogP contribution in [0.2, 0.25) is 0 Å². The minimum atomic E-state index is -0.778. The van der Waals surface area contributed by atoms with E-state index in [0.717, 1.165) is 69.9 Å². The third-order valence-electron chi connectivity index (χ3n) is 9.19. The molecule has 0 bridgehead atoms. The van der Waals surface area contributed by atoms with Crippen LogP contribution in [0.1, 0.15) is 97.3 Å². The number of allylic oxidation sites excluding steroid dienone is 4. The van der Waals surface area contributed by atoms with E-state index in [9.17, 15) is 20.0 Å². The fourth-order valence-corrected chi connectivity index (χ4v) is 7.40. The van der Waals surface area contributed by atoms with Crippen molar-refractivity contribution in [3.8, 4) is 6.07 Å². The molecule has 0 aromatic carbocycles. The van der Waals surface area contributed by atoms with Crippen molar-refractivity contribution in [2.24, 2.45) is 27.8 Å². The van der Waals surface area contributed by atoms with Gasteiger partial charge in [-0.2, -0.15) is 5.26 Å². The Bertz CT molecular complexity index is 956. The molecule has 2 saturated carbocycles. The Morgan fingerprint density at radius 1 is 1.24 bits per heavy atom. The second kappa shape index (κ2) is 9.44. The quantitative estimate of drug-likeness (QED) is 0.372. The monoisotopic (exact) mass is 452 g/mol. The van der Waals surface area contributed by atoms with Crippen molar-refractivity contribution < 1.29 is 19.5 Å². The lowest BCUT2D eigenvalue weighted by molar-refractivity contribution is -0.144. The van der Waals surface area contributed by atoms with Crippen LogP contribution in [0.25, 0.3) is 0 Å². The van der Waals surface area contributed by atoms with Gasteiger partial charge in [0.2, 0.25) is 0 Å². The highest BCUT2D eigenvalue weighted by molar-refractivity contribution is 5.97. The van der Waals surface area contributed by atoms with E-state index in [0.29, 0.717) is 24.7 Å². The summed E-state index contributed by atoms with van der Waals surface area (Å²) in [4.78, 5) is 28.7. The summed E-state index contributed by atoms with van der Waals surface area (Å²) in [5, 5.41) is 23.3. The van der Waals surface area contributed by atoms with E-state index in [2.05, 4.69) is 24.2 Å². The number of oxime groups is 1. The number of carboxylic acids is 1. The van der Waals surface area contributed by atoms with E-state index in [4.69, 9.17) is 4.84 Å². The molecule has 4 aliphatic rings. The van der Waals surface area contributed by atoms with Crippen molar-refractivity contribution in [2.75, 3.05) is 0 Å². The van der Waals surface area contributed by atoms with Crippen LogP contribution in [-0.4, -0.2) is 22.8 Å². The molecule has 0 amide bonds. The Morgan fingerprint density at radius 3 is 2.79 bits per heavy atom. The number of carbonyl (C=O) groups is 2. The maximum absolute atomic E-state index is 11.8. The molecular weight excluding hydrogens is 416 g/mol. The molecule has 0 radical (unpaired) electrons. The topological polar surface area (TPSA) is 99.8 Å². The Labute approximate surface area is 196 Å². The maximum Gasteiger partial charge on any atom is 0.335 e. The van der Waals surface area contributed by atoms with Crippen LogP contribution < -0.4 is 0 Å². The van der Waals surface area contributed by atoms with Gasteiger partial charge < -0.3 is 9.94 Å². The van der Waals surface area contributed by atoms with E-state index < -0.39 is 11.4 Å². The molecular formula is C27H36N2O4. The summed E-state index contributed by atoms with van der Waals surface area (Å²) < 4.78 is 0. The van der Waals surface area contributed by atoms with Crippen LogP contribution in [0, 0.1) is 34.0 Å². The van der Waals surface area contributed by atoms with E-state index >= 15 is 0 Å². The zero-order valence-electron chi connectivity index (χ0n) is 20.0. The summed E-state index contributed by atoms with van der Waals surface area (Å²) in [6, 6.07) is 2.33. The molecule has 4 aliphatic carbocycles. The van der Waals surface area contributed by atoms with E-state index in [-0.39, 0.29) is 17.8 Å². The molecule has 0 heterocycles. The molecule has 33 heavy (non-hydrogen) atoms. The second-order valence-corrected chi connectivity index (χ2v) is 10.7. The molecule has 2 fully saturated rings. The van der Waals surface area contributed by atoms with E-state index in [1.165, 1.54) is 11.1 Å². The number of carbonyl (C=O) groups excluding carboxylic acids is 1. The number of unbranched alkanes of at least 4 members (excludes halogenated alkanes) is 1.